The summed E-state index contributed by atoms with van der Waals surface area (Å²) in [5.74, 6) is -13.5. The SMILES string of the molecule is CC[C@@]1(O[C@@H]2C[C@@H](OC)[C@H](OC)[C@@H](C)O2)[C@H](O[C@@H]2C[C@H](O)[C@@H](N(C)C)[C@H](C)O2)C2=C(C(=O)[C@@H]1[C@H]1C(O)=C3C(=Cc4c(O)c5c(c(O)c43)C(=O)C=CC5=O)[C@@H](O[C@@H]3C[C@H](O)[C@@H](N(C)C)[C@H](C)O3)[C@@]1(CC)O[C@@H]1C[C@@H](OC)[C@H](O)[C@@H](C)O1)c1c(O)c3c(c(O)c1C2N=[N-])C(=O)C=CC3=O. The van der Waals surface area contributed by atoms with E-state index >= 15 is 4.79 Å². The Morgan fingerprint density at radius 3 is 1.47 bits per heavy atom. The number of ketones is 5. The molecule has 12 rings (SSSR count). The zero-order valence-corrected chi connectivity index (χ0v) is 56.2. The largest absolute Gasteiger partial charge is 0.711 e. The molecule has 0 aromatic heterocycles. The van der Waals surface area contributed by atoms with E-state index in [-0.39, 0.29) is 54.4 Å². The van der Waals surface area contributed by atoms with Crippen LogP contribution in [0.5, 0.6) is 23.0 Å². The number of carbonyl (C=O) groups excluding carboxylic acids is 5. The zero-order valence-electron chi connectivity index (χ0n) is 56.2. The number of nitrogens with zero attached hydrogens (tertiary/aromatic N) is 4. The molecule has 1 unspecified atom stereocenters. The number of carbonyl (C=O) groups is 5. The average Bonchev–Trinajstić information content (AvgIpc) is 1.61. The number of aliphatic hydroxyl groups is 4. The number of phenolic OH excluding ortho intramolecular Hbond substituents is 4. The second-order valence-electron chi connectivity index (χ2n) is 27.3. The minimum Gasteiger partial charge on any atom is -0.711 e. The number of benzene rings is 2. The van der Waals surface area contributed by atoms with Crippen LogP contribution in [-0.2, 0) is 56.9 Å². The van der Waals surface area contributed by atoms with Gasteiger partial charge in [0.05, 0.1) is 101 Å². The maximum absolute atomic E-state index is 17.9. The molecule has 0 amide bonds. The monoisotopic (exact) mass is 1350 g/mol. The van der Waals surface area contributed by atoms with Crippen molar-refractivity contribution in [2.45, 2.75) is 208 Å². The van der Waals surface area contributed by atoms with Gasteiger partial charge in [-0.05, 0) is 105 Å². The van der Waals surface area contributed by atoms with Crippen LogP contribution in [0, 0.1) is 11.8 Å². The maximum Gasteiger partial charge on any atom is 0.190 e. The first-order valence-corrected chi connectivity index (χ1v) is 32.8. The van der Waals surface area contributed by atoms with Gasteiger partial charge in [0.25, 0.3) is 0 Å². The summed E-state index contributed by atoms with van der Waals surface area (Å²) in [7, 11) is 11.3. The zero-order chi connectivity index (χ0) is 70.2. The van der Waals surface area contributed by atoms with E-state index in [2.05, 4.69) is 5.11 Å². The van der Waals surface area contributed by atoms with Crippen molar-refractivity contribution in [2.75, 3.05) is 49.5 Å². The van der Waals surface area contributed by atoms with Gasteiger partial charge in [-0.2, -0.15) is 0 Å². The highest BCUT2D eigenvalue weighted by Gasteiger charge is 2.71. The number of Topliss-reactive ketones (excluding diaryl/α,β-unsaturated/α-hetero) is 1. The van der Waals surface area contributed by atoms with E-state index < -0.39 is 248 Å². The van der Waals surface area contributed by atoms with Crippen LogP contribution < -0.4 is 0 Å². The van der Waals surface area contributed by atoms with E-state index in [1.165, 1.54) is 27.4 Å². The van der Waals surface area contributed by atoms with Crippen molar-refractivity contribution in [3.63, 3.8) is 0 Å². The molecule has 6 aliphatic carbocycles. The summed E-state index contributed by atoms with van der Waals surface area (Å²) in [6.07, 6.45) is -16.0. The standard InChI is InChI=1S/C69H85N4O24/c1-14-68(96-41-23-37(87-11)58(80)27(5)92-41)53(63(85)44-30(66(68)94-39-21-35(78)56(72(7)8)25(3)90-39)20-29-43(44)60(82)46-32(75)17-16-31(74)45(46)59(29)81)54-64(86)50-49-51(62(84)48-34(77)19-18-33(76)47(48)61(49)83)55(71-70)52(50)67(95-40-22-36(79)57(73(9)10)26(4)91-40)69(54,15-2)97-42-24-38(88-12)65(89-13)28(6)93-42/h16-20,25-28,35-42,53-58,65-67,78-85H,14-15,21-24H2,1-13H3/q-1/t25-,26-,27+,28+,35-,36-,37+,38+,39+,40+,41+,42+,53-,54-,55?,56-,57-,58+,65+,66+,67+,68-,69-/m0/s1. The number of methoxy groups -OCH3 is 3. The molecule has 0 saturated carbocycles. The molecular weight excluding hydrogens is 1270 g/mol. The molecule has 0 bridgehead atoms. The Morgan fingerprint density at radius 2 is 1.00 bits per heavy atom. The second kappa shape index (κ2) is 26.2. The molecule has 2 aromatic rings. The third-order valence-electron chi connectivity index (χ3n) is 21.8. The van der Waals surface area contributed by atoms with Gasteiger partial charge < -0.3 is 113 Å². The summed E-state index contributed by atoms with van der Waals surface area (Å²) in [4.78, 5) is 77.6. The van der Waals surface area contributed by atoms with Crippen molar-refractivity contribution in [1.29, 1.82) is 0 Å². The number of fused-ring (bicyclic) bond motifs is 7. The number of allylic oxidation sites excluding steroid dienone is 5. The van der Waals surface area contributed by atoms with Gasteiger partial charge in [0, 0.05) is 86.0 Å². The van der Waals surface area contributed by atoms with Crippen LogP contribution in [0.15, 0.2) is 46.3 Å². The van der Waals surface area contributed by atoms with Gasteiger partial charge in [-0.1, -0.05) is 13.8 Å². The predicted molar refractivity (Wildman–Crippen MR) is 339 cm³/mol. The lowest BCUT2D eigenvalue weighted by Gasteiger charge is -2.59. The van der Waals surface area contributed by atoms with Gasteiger partial charge in [0.15, 0.2) is 54.1 Å². The number of ether oxygens (including phenoxy) is 11. The number of likely N-dealkylation sites (N-methyl/N-ethyl adjacent to an activating group) is 2. The van der Waals surface area contributed by atoms with E-state index in [0.717, 1.165) is 24.3 Å². The molecule has 4 aliphatic heterocycles. The van der Waals surface area contributed by atoms with Gasteiger partial charge in [0.1, 0.15) is 64.4 Å². The van der Waals surface area contributed by atoms with Crippen LogP contribution in [0.25, 0.3) is 22.8 Å². The van der Waals surface area contributed by atoms with Gasteiger partial charge >= 0.3 is 0 Å². The van der Waals surface area contributed by atoms with Gasteiger partial charge in [-0.25, -0.2) is 0 Å². The number of phenols is 4. The molecular formula is C69H85N4O24-. The third-order valence-corrected chi connectivity index (χ3v) is 21.8. The molecule has 526 valence electrons. The summed E-state index contributed by atoms with van der Waals surface area (Å²) < 4.78 is 74.6. The van der Waals surface area contributed by atoms with Crippen LogP contribution in [0.2, 0.25) is 0 Å². The third kappa shape index (κ3) is 10.8. The topological polar surface area (TPSA) is 390 Å². The summed E-state index contributed by atoms with van der Waals surface area (Å²) in [5, 5.41) is 105. The van der Waals surface area contributed by atoms with Crippen molar-refractivity contribution >= 4 is 46.1 Å². The quantitative estimate of drug-likeness (QED) is 0.0760. The van der Waals surface area contributed by atoms with Crippen molar-refractivity contribution in [1.82, 2.24) is 9.80 Å². The Hall–Kier alpha value is -6.55. The average molecular weight is 1350 g/mol. The molecule has 2 aromatic carbocycles. The van der Waals surface area contributed by atoms with E-state index in [4.69, 9.17) is 52.1 Å². The van der Waals surface area contributed by atoms with Crippen LogP contribution >= 0.6 is 0 Å². The number of aliphatic hydroxyl groups excluding tert-OH is 4. The fraction of sp³-hybridized carbons (Fsp3) is 0.609. The molecule has 28 nitrogen and oxygen atoms in total. The number of hydrogen-bond acceptors (Lipinski definition) is 27. The second-order valence-corrected chi connectivity index (χ2v) is 27.3. The molecule has 23 atom stereocenters. The summed E-state index contributed by atoms with van der Waals surface area (Å²) in [6.45, 7) is 9.93. The number of aromatic hydroxyl groups is 4. The first-order valence-electron chi connectivity index (χ1n) is 32.8. The fourth-order valence-electron chi connectivity index (χ4n) is 17.6. The molecule has 97 heavy (non-hydrogen) atoms. The Labute approximate surface area is 559 Å². The first-order chi connectivity index (χ1) is 46.0. The smallest absolute Gasteiger partial charge is 0.190 e. The highest BCUT2D eigenvalue weighted by atomic mass is 16.7. The summed E-state index contributed by atoms with van der Waals surface area (Å²) in [6, 6.07) is -3.20. The normalized spacial score (nSPS) is 38.6. The lowest BCUT2D eigenvalue weighted by atomic mass is 9.55. The van der Waals surface area contributed by atoms with Crippen molar-refractivity contribution in [2.24, 2.45) is 17.0 Å². The first kappa shape index (κ1) is 70.3. The van der Waals surface area contributed by atoms with Gasteiger partial charge in [0.2, 0.25) is 0 Å². The Balaban J connectivity index is 1.22. The minimum atomic E-state index is -2.49. The fourth-order valence-corrected chi connectivity index (χ4v) is 17.6. The van der Waals surface area contributed by atoms with Gasteiger partial charge in [-0.3, -0.25) is 24.0 Å². The van der Waals surface area contributed by atoms with Crippen molar-refractivity contribution in [3.8, 4) is 23.0 Å². The Morgan fingerprint density at radius 1 is 0.546 bits per heavy atom. The molecule has 4 heterocycles. The lowest BCUT2D eigenvalue weighted by molar-refractivity contribution is -0.347. The van der Waals surface area contributed by atoms with E-state index in [1.54, 1.807) is 79.5 Å². The van der Waals surface area contributed by atoms with Gasteiger partial charge in [-0.15, -0.1) is 0 Å². The number of rotatable bonds is 17. The van der Waals surface area contributed by atoms with Crippen LogP contribution in [0.1, 0.15) is 150 Å². The molecule has 28 heteroatoms. The molecule has 10 aliphatic rings. The summed E-state index contributed by atoms with van der Waals surface area (Å²) >= 11 is 0. The van der Waals surface area contributed by atoms with E-state index in [1.807, 2.05) is 0 Å². The lowest BCUT2D eigenvalue weighted by Crippen LogP contribution is -2.70. The minimum absolute atomic E-state index is 0.0964. The predicted octanol–water partition coefficient (Wildman–Crippen LogP) is 5.03. The molecule has 8 N–H and O–H groups in total. The Kier molecular flexibility index (Phi) is 19.0. The van der Waals surface area contributed by atoms with E-state index in [9.17, 15) is 65.6 Å². The maximum atomic E-state index is 17.9. The molecule has 4 saturated heterocycles. The van der Waals surface area contributed by atoms with Crippen molar-refractivity contribution < 1.29 is 117 Å². The Bertz CT molecular complexity index is 3740. The molecule has 0 spiro atoms. The van der Waals surface area contributed by atoms with Crippen LogP contribution in [0.3, 0.4) is 0 Å². The highest BCUT2D eigenvalue weighted by Crippen LogP contribution is 2.67. The summed E-state index contributed by atoms with van der Waals surface area (Å²) in [5.41, 5.74) is 0.994. The number of hydrogen-bond donors (Lipinski definition) is 8. The molecule has 4 fully saturated rings. The van der Waals surface area contributed by atoms with Crippen LogP contribution in [0.4, 0.5) is 0 Å². The van der Waals surface area contributed by atoms with Crippen molar-refractivity contribution in [3.05, 3.63) is 91.2 Å². The van der Waals surface area contributed by atoms with Crippen LogP contribution in [-0.4, -0.2) is 251 Å². The van der Waals surface area contributed by atoms with E-state index in [0.29, 0.717) is 0 Å². The molecule has 0 radical (unpaired) electrons. The highest BCUT2D eigenvalue weighted by molar-refractivity contribution is 6.31.